The summed E-state index contributed by atoms with van der Waals surface area (Å²) in [6.45, 7) is 0. The van der Waals surface area contributed by atoms with Gasteiger partial charge in [-0.2, -0.15) is 0 Å². The molecule has 4 aliphatic carbocycles. The molecule has 0 N–H and O–H groups in total. The van der Waals surface area contributed by atoms with Gasteiger partial charge in [-0.1, -0.05) is 158 Å². The smallest absolute Gasteiger partial charge is 0.179 e. The van der Waals surface area contributed by atoms with Crippen LogP contribution in [0.2, 0.25) is 0 Å². The van der Waals surface area contributed by atoms with E-state index in [1.165, 1.54) is 108 Å². The van der Waals surface area contributed by atoms with Crippen LogP contribution in [0.4, 0.5) is 0 Å². The molecule has 4 bridgehead atoms. The van der Waals surface area contributed by atoms with Crippen molar-refractivity contribution < 1.29 is 0 Å². The van der Waals surface area contributed by atoms with Gasteiger partial charge in [0.05, 0.1) is 27.8 Å². The van der Waals surface area contributed by atoms with E-state index in [1.54, 1.807) is 11.1 Å². The van der Waals surface area contributed by atoms with Crippen LogP contribution in [0.3, 0.4) is 0 Å². The van der Waals surface area contributed by atoms with E-state index in [-0.39, 0.29) is 5.41 Å². The van der Waals surface area contributed by atoms with Gasteiger partial charge in [0.25, 0.3) is 0 Å². The third-order valence-corrected chi connectivity index (χ3v) is 21.0. The third kappa shape index (κ3) is 4.42. The Labute approximate surface area is 357 Å². The molecular formula is C58H46N2Si. The quantitative estimate of drug-likeness (QED) is 0.121. The SMILES string of the molecule is c1ccc([Si](c2ccccc2)(c2ccccc2)c2ccc3c4ccccc4n(-c4cc5c6c(c4)c4ccccc4n6-c4ccccc4C54C5CC6CC(C5)CC4C6)c3c2)cc1. The molecule has 3 heteroatoms. The first kappa shape index (κ1) is 34.3. The minimum absolute atomic E-state index is 0.00255. The van der Waals surface area contributed by atoms with E-state index in [4.69, 9.17) is 0 Å². The molecule has 1 spiro atoms. The predicted octanol–water partition coefficient (Wildman–Crippen LogP) is 11.3. The van der Waals surface area contributed by atoms with Crippen LogP contribution in [-0.4, -0.2) is 17.2 Å². The molecule has 0 unspecified atom stereocenters. The summed E-state index contributed by atoms with van der Waals surface area (Å²) in [6, 6.07) is 74.9. The van der Waals surface area contributed by atoms with Gasteiger partial charge in [0.2, 0.25) is 0 Å². The van der Waals surface area contributed by atoms with Crippen LogP contribution < -0.4 is 20.7 Å². The Bertz CT molecular complexity index is 3250. The topological polar surface area (TPSA) is 9.86 Å². The van der Waals surface area contributed by atoms with Gasteiger partial charge in [-0.15, -0.1) is 0 Å². The molecule has 0 amide bonds. The first-order valence-electron chi connectivity index (χ1n) is 22.6. The summed E-state index contributed by atoms with van der Waals surface area (Å²) in [5.74, 6) is 3.08. The predicted molar refractivity (Wildman–Crippen MR) is 257 cm³/mol. The van der Waals surface area contributed by atoms with Crippen molar-refractivity contribution in [3.05, 3.63) is 205 Å². The Balaban J connectivity index is 1.11. The fraction of sp³-hybridized carbons (Fsp3) is 0.172. The molecule has 5 aliphatic rings. The lowest BCUT2D eigenvalue weighted by molar-refractivity contribution is -0.0418. The fourth-order valence-corrected chi connectivity index (χ4v) is 19.1. The van der Waals surface area contributed by atoms with Gasteiger partial charge in [0, 0.05) is 32.6 Å². The second kappa shape index (κ2) is 12.6. The van der Waals surface area contributed by atoms with Crippen molar-refractivity contribution in [3.8, 4) is 11.4 Å². The van der Waals surface area contributed by atoms with E-state index in [0.29, 0.717) is 11.8 Å². The van der Waals surface area contributed by atoms with Gasteiger partial charge in [-0.25, -0.2) is 0 Å². The number of aromatic nitrogens is 2. The number of nitrogens with zero attached hydrogens (tertiary/aromatic N) is 2. The molecule has 0 saturated heterocycles. The van der Waals surface area contributed by atoms with Crippen LogP contribution in [0.5, 0.6) is 0 Å². The first-order chi connectivity index (χ1) is 30.2. The number of fused-ring (bicyclic) bond motifs is 8. The molecule has 1 aliphatic heterocycles. The Hall–Kier alpha value is -6.42. The standard InChI is InChI=1S/C58H46N2Si/c1-4-16-43(17-5-1)61(44-18-6-2-7-19-44,45-20-8-3-9-21-45)46-28-29-49-47-22-10-13-25-53(47)59(56(49)37-46)42-35-50-48-23-11-14-26-54(48)60-55-27-15-12-24-51(55)58(52(36-42)57(50)60)40-31-38-30-39(33-40)34-41(58)32-38/h1-29,35-41H,30-34H2. The van der Waals surface area contributed by atoms with Crippen LogP contribution in [0, 0.1) is 23.7 Å². The Kier molecular flexibility index (Phi) is 7.07. The van der Waals surface area contributed by atoms with E-state index >= 15 is 0 Å². The Morgan fingerprint density at radius 2 is 0.885 bits per heavy atom. The average Bonchev–Trinajstić information content (AvgIpc) is 3.83. The summed E-state index contributed by atoms with van der Waals surface area (Å²) in [5.41, 5.74) is 11.2. The van der Waals surface area contributed by atoms with Crippen molar-refractivity contribution in [3.63, 3.8) is 0 Å². The number of hydrogen-bond acceptors (Lipinski definition) is 0. The molecule has 2 nitrogen and oxygen atoms in total. The molecular weight excluding hydrogens is 753 g/mol. The molecule has 2 aromatic heterocycles. The van der Waals surface area contributed by atoms with Crippen molar-refractivity contribution in [2.24, 2.45) is 23.7 Å². The third-order valence-electron chi connectivity index (χ3n) is 16.2. The highest BCUT2D eigenvalue weighted by Gasteiger charge is 2.61. The van der Waals surface area contributed by atoms with Crippen LogP contribution in [-0.2, 0) is 5.41 Å². The summed E-state index contributed by atoms with van der Waals surface area (Å²) >= 11 is 0. The zero-order valence-corrected chi connectivity index (χ0v) is 35.2. The van der Waals surface area contributed by atoms with Crippen molar-refractivity contribution in [2.45, 2.75) is 37.5 Å². The van der Waals surface area contributed by atoms with Crippen molar-refractivity contribution >= 4 is 72.4 Å². The number of benzene rings is 8. The number of rotatable bonds is 5. The summed E-state index contributed by atoms with van der Waals surface area (Å²) in [4.78, 5) is 0. The van der Waals surface area contributed by atoms with Gasteiger partial charge in [-0.05, 0) is 124 Å². The highest BCUT2D eigenvalue weighted by atomic mass is 28.3. The maximum atomic E-state index is 2.70. The monoisotopic (exact) mass is 798 g/mol. The van der Waals surface area contributed by atoms with E-state index in [9.17, 15) is 0 Å². The first-order valence-corrected chi connectivity index (χ1v) is 24.6. The minimum Gasteiger partial charge on any atom is -0.309 e. The highest BCUT2D eigenvalue weighted by Crippen LogP contribution is 2.68. The molecule has 3 heterocycles. The van der Waals surface area contributed by atoms with Crippen molar-refractivity contribution in [1.29, 1.82) is 0 Å². The zero-order valence-electron chi connectivity index (χ0n) is 34.2. The molecule has 4 saturated carbocycles. The van der Waals surface area contributed by atoms with Gasteiger partial charge < -0.3 is 9.13 Å². The lowest BCUT2D eigenvalue weighted by Gasteiger charge is -2.63. The molecule has 10 aromatic rings. The molecule has 61 heavy (non-hydrogen) atoms. The summed E-state index contributed by atoms with van der Waals surface area (Å²) in [7, 11) is -2.78. The van der Waals surface area contributed by atoms with Gasteiger partial charge in [0.1, 0.15) is 0 Å². The van der Waals surface area contributed by atoms with Crippen LogP contribution in [0.15, 0.2) is 194 Å². The largest absolute Gasteiger partial charge is 0.309 e. The Morgan fingerprint density at radius 3 is 1.51 bits per heavy atom. The maximum absolute atomic E-state index is 2.78. The van der Waals surface area contributed by atoms with Gasteiger partial charge in [-0.3, -0.25) is 0 Å². The van der Waals surface area contributed by atoms with Gasteiger partial charge in [0.15, 0.2) is 8.07 Å². The molecule has 15 rings (SSSR count). The second-order valence-electron chi connectivity index (χ2n) is 18.9. The summed E-state index contributed by atoms with van der Waals surface area (Å²) in [5, 5.41) is 10.9. The van der Waals surface area contributed by atoms with E-state index in [2.05, 4.69) is 203 Å². The normalized spacial score (nSPS) is 22.5. The number of para-hydroxylation sites is 3. The van der Waals surface area contributed by atoms with Crippen LogP contribution in [0.1, 0.15) is 43.2 Å². The molecule has 0 radical (unpaired) electrons. The second-order valence-corrected chi connectivity index (χ2v) is 22.7. The van der Waals surface area contributed by atoms with Crippen molar-refractivity contribution in [2.75, 3.05) is 0 Å². The maximum Gasteiger partial charge on any atom is 0.179 e. The summed E-state index contributed by atoms with van der Waals surface area (Å²) < 4.78 is 5.31. The molecule has 8 aromatic carbocycles. The van der Waals surface area contributed by atoms with E-state index < -0.39 is 8.07 Å². The molecule has 4 fully saturated rings. The van der Waals surface area contributed by atoms with Crippen LogP contribution >= 0.6 is 0 Å². The number of hydrogen-bond donors (Lipinski definition) is 0. The molecule has 0 atom stereocenters. The van der Waals surface area contributed by atoms with Crippen molar-refractivity contribution in [1.82, 2.24) is 9.13 Å². The highest BCUT2D eigenvalue weighted by molar-refractivity contribution is 7.20. The zero-order chi connectivity index (χ0) is 39.9. The van der Waals surface area contributed by atoms with E-state index in [0.717, 1.165) is 11.8 Å². The fourth-order valence-electron chi connectivity index (χ4n) is 14.3. The minimum atomic E-state index is -2.78. The van der Waals surface area contributed by atoms with E-state index in [1.807, 2.05) is 0 Å². The Morgan fingerprint density at radius 1 is 0.377 bits per heavy atom. The lowest BCUT2D eigenvalue weighted by Crippen LogP contribution is -2.74. The summed E-state index contributed by atoms with van der Waals surface area (Å²) in [6.07, 6.45) is 6.88. The average molecular weight is 799 g/mol. The molecule has 292 valence electrons. The lowest BCUT2D eigenvalue weighted by atomic mass is 9.41. The van der Waals surface area contributed by atoms with Crippen LogP contribution in [0.25, 0.3) is 55.0 Å². The van der Waals surface area contributed by atoms with Gasteiger partial charge >= 0.3 is 0 Å².